The van der Waals surface area contributed by atoms with Crippen LogP contribution in [-0.2, 0) is 13.1 Å². The average Bonchev–Trinajstić information content (AvgIpc) is 2.89. The maximum atomic E-state index is 12.6. The van der Waals surface area contributed by atoms with Crippen molar-refractivity contribution in [2.24, 2.45) is 0 Å². The van der Waals surface area contributed by atoms with Crippen LogP contribution in [0, 0.1) is 0 Å². The van der Waals surface area contributed by atoms with Gasteiger partial charge in [-0.05, 0) is 48.7 Å². The van der Waals surface area contributed by atoms with Gasteiger partial charge in [-0.1, -0.05) is 37.6 Å². The van der Waals surface area contributed by atoms with Gasteiger partial charge in [-0.15, -0.1) is 0 Å². The largest absolute Gasteiger partial charge is 0.497 e. The van der Waals surface area contributed by atoms with Crippen LogP contribution in [0.4, 0.5) is 11.8 Å². The number of nitrogens with zero attached hydrogens (tertiary/aromatic N) is 4. The van der Waals surface area contributed by atoms with Crippen LogP contribution in [0.1, 0.15) is 37.8 Å². The minimum Gasteiger partial charge on any atom is -0.497 e. The number of aromatic amines is 1. The number of nitrogens with one attached hydrogen (secondary N) is 2. The molecule has 0 fully saturated rings. The highest BCUT2D eigenvalue weighted by Crippen LogP contribution is 2.25. The lowest BCUT2D eigenvalue weighted by Gasteiger charge is -2.25. The van der Waals surface area contributed by atoms with E-state index in [1.165, 1.54) is 0 Å². The number of methoxy groups -OCH3 is 2. The summed E-state index contributed by atoms with van der Waals surface area (Å²) in [6, 6.07) is 16.0. The summed E-state index contributed by atoms with van der Waals surface area (Å²) >= 11 is 0. The van der Waals surface area contributed by atoms with Crippen molar-refractivity contribution < 1.29 is 9.47 Å². The summed E-state index contributed by atoms with van der Waals surface area (Å²) in [5, 5.41) is 10.3. The summed E-state index contributed by atoms with van der Waals surface area (Å²) in [7, 11) is 3.30. The van der Waals surface area contributed by atoms with E-state index < -0.39 is 0 Å². The second-order valence-electron chi connectivity index (χ2n) is 8.72. The van der Waals surface area contributed by atoms with Gasteiger partial charge in [-0.25, -0.2) is 10.1 Å². The molecule has 0 aliphatic carbocycles. The SMILES string of the molecule is CCCC(C)Nc1nc(N(Cc2ccc(OC)cc2)Cc2ccc(OC)cc2)nc2cn[nH]c(=O)c12. The number of ether oxygens (including phenoxy) is 2. The zero-order chi connectivity index (χ0) is 25.5. The Morgan fingerprint density at radius 1 is 0.944 bits per heavy atom. The second-order valence-corrected chi connectivity index (χ2v) is 8.72. The lowest BCUT2D eigenvalue weighted by atomic mass is 10.1. The first kappa shape index (κ1) is 25.0. The Morgan fingerprint density at radius 2 is 1.53 bits per heavy atom. The van der Waals surface area contributed by atoms with Crippen molar-refractivity contribution in [1.82, 2.24) is 20.2 Å². The molecule has 0 saturated carbocycles. The summed E-state index contributed by atoms with van der Waals surface area (Å²) in [5.74, 6) is 2.61. The van der Waals surface area contributed by atoms with Gasteiger partial charge in [0, 0.05) is 19.1 Å². The van der Waals surface area contributed by atoms with E-state index >= 15 is 0 Å². The maximum absolute atomic E-state index is 12.6. The molecule has 1 unspecified atom stereocenters. The van der Waals surface area contributed by atoms with E-state index in [0.717, 1.165) is 35.5 Å². The molecule has 9 heteroatoms. The van der Waals surface area contributed by atoms with Crippen LogP contribution < -0.4 is 25.2 Å². The Labute approximate surface area is 210 Å². The highest BCUT2D eigenvalue weighted by atomic mass is 16.5. The fourth-order valence-electron chi connectivity index (χ4n) is 4.08. The van der Waals surface area contributed by atoms with Gasteiger partial charge in [0.15, 0.2) is 0 Å². The van der Waals surface area contributed by atoms with E-state index in [-0.39, 0.29) is 11.6 Å². The Morgan fingerprint density at radius 3 is 2.06 bits per heavy atom. The number of hydrogen-bond donors (Lipinski definition) is 2. The lowest BCUT2D eigenvalue weighted by Crippen LogP contribution is -2.26. The van der Waals surface area contributed by atoms with Gasteiger partial charge in [0.25, 0.3) is 5.56 Å². The summed E-state index contributed by atoms with van der Waals surface area (Å²) in [5.41, 5.74) is 2.32. The number of fused-ring (bicyclic) bond motifs is 1. The molecule has 0 spiro atoms. The predicted octanol–water partition coefficient (Wildman–Crippen LogP) is 4.54. The first-order valence-electron chi connectivity index (χ1n) is 12.0. The van der Waals surface area contributed by atoms with E-state index in [2.05, 4.69) is 34.3 Å². The lowest BCUT2D eigenvalue weighted by molar-refractivity contribution is 0.414. The van der Waals surface area contributed by atoms with E-state index in [1.54, 1.807) is 20.4 Å². The molecule has 188 valence electrons. The molecule has 0 aliphatic rings. The van der Waals surface area contributed by atoms with Crippen molar-refractivity contribution in [2.45, 2.75) is 45.8 Å². The van der Waals surface area contributed by atoms with Gasteiger partial charge in [-0.3, -0.25) is 4.79 Å². The topological polar surface area (TPSA) is 105 Å². The first-order valence-corrected chi connectivity index (χ1v) is 12.0. The fourth-order valence-corrected chi connectivity index (χ4v) is 4.08. The molecule has 2 heterocycles. The monoisotopic (exact) mass is 488 g/mol. The molecule has 36 heavy (non-hydrogen) atoms. The molecule has 0 radical (unpaired) electrons. The normalized spacial score (nSPS) is 11.8. The van der Waals surface area contributed by atoms with Gasteiger partial charge in [-0.2, -0.15) is 10.1 Å². The van der Waals surface area contributed by atoms with E-state index in [0.29, 0.717) is 35.8 Å². The van der Waals surface area contributed by atoms with Gasteiger partial charge < -0.3 is 19.7 Å². The van der Waals surface area contributed by atoms with Crippen LogP contribution in [0.3, 0.4) is 0 Å². The summed E-state index contributed by atoms with van der Waals surface area (Å²) in [6.45, 7) is 5.33. The van der Waals surface area contributed by atoms with Crippen LogP contribution in [0.25, 0.3) is 10.9 Å². The molecule has 0 saturated heterocycles. The highest BCUT2D eigenvalue weighted by Gasteiger charge is 2.18. The zero-order valence-corrected chi connectivity index (χ0v) is 21.1. The number of anilines is 2. The third kappa shape index (κ3) is 5.91. The molecule has 0 bridgehead atoms. The Bertz CT molecular complexity index is 1290. The third-order valence-corrected chi connectivity index (χ3v) is 5.96. The van der Waals surface area contributed by atoms with Gasteiger partial charge in [0.1, 0.15) is 28.2 Å². The van der Waals surface area contributed by atoms with E-state index in [9.17, 15) is 4.79 Å². The van der Waals surface area contributed by atoms with Crippen molar-refractivity contribution in [2.75, 3.05) is 24.4 Å². The zero-order valence-electron chi connectivity index (χ0n) is 21.1. The van der Waals surface area contributed by atoms with Crippen molar-refractivity contribution in [1.29, 1.82) is 0 Å². The van der Waals surface area contributed by atoms with Crippen LogP contribution in [-0.4, -0.2) is 40.4 Å². The fraction of sp³-hybridized carbons (Fsp3) is 0.333. The molecule has 2 aromatic carbocycles. The standard InChI is InChI=1S/C27H32N6O3/c1-5-6-18(2)29-25-24-23(15-28-32-26(24)34)30-27(31-25)33(16-19-7-11-21(35-3)12-8-19)17-20-9-13-22(36-4)14-10-20/h7-15,18H,5-6,16-17H2,1-4H3,(H,32,34)(H,29,30,31). The number of aromatic nitrogens is 4. The first-order chi connectivity index (χ1) is 17.5. The Hall–Kier alpha value is -4.14. The smallest absolute Gasteiger partial charge is 0.277 e. The molecule has 9 nitrogen and oxygen atoms in total. The Kier molecular flexibility index (Phi) is 7.99. The predicted molar refractivity (Wildman–Crippen MR) is 142 cm³/mol. The Balaban J connectivity index is 1.77. The van der Waals surface area contributed by atoms with Crippen molar-refractivity contribution in [3.8, 4) is 11.5 Å². The molecule has 4 rings (SSSR count). The van der Waals surface area contributed by atoms with Crippen molar-refractivity contribution in [3.05, 3.63) is 76.2 Å². The summed E-state index contributed by atoms with van der Waals surface area (Å²) < 4.78 is 10.6. The van der Waals surface area contributed by atoms with E-state index in [1.807, 2.05) is 48.5 Å². The molecule has 2 N–H and O–H groups in total. The second kappa shape index (κ2) is 11.5. The molecule has 2 aromatic heterocycles. The quantitative estimate of drug-likeness (QED) is 0.317. The number of rotatable bonds is 11. The highest BCUT2D eigenvalue weighted by molar-refractivity contribution is 5.88. The van der Waals surface area contributed by atoms with Gasteiger partial charge in [0.05, 0.1) is 20.4 Å². The molecule has 0 aliphatic heterocycles. The minimum absolute atomic E-state index is 0.144. The summed E-state index contributed by atoms with van der Waals surface area (Å²) in [4.78, 5) is 24.3. The van der Waals surface area contributed by atoms with Crippen LogP contribution in [0.5, 0.6) is 11.5 Å². The third-order valence-electron chi connectivity index (χ3n) is 5.96. The van der Waals surface area contributed by atoms with Crippen molar-refractivity contribution in [3.63, 3.8) is 0 Å². The summed E-state index contributed by atoms with van der Waals surface area (Å²) in [6.07, 6.45) is 3.53. The van der Waals surface area contributed by atoms with Crippen LogP contribution in [0.2, 0.25) is 0 Å². The number of hydrogen-bond acceptors (Lipinski definition) is 8. The minimum atomic E-state index is -0.317. The molecule has 4 aromatic rings. The van der Waals surface area contributed by atoms with Crippen molar-refractivity contribution >= 4 is 22.7 Å². The maximum Gasteiger partial charge on any atom is 0.277 e. The number of H-pyrrole nitrogens is 1. The van der Waals surface area contributed by atoms with Crippen LogP contribution in [0.15, 0.2) is 59.5 Å². The number of benzene rings is 2. The van der Waals surface area contributed by atoms with Crippen LogP contribution >= 0.6 is 0 Å². The molecular formula is C27H32N6O3. The average molecular weight is 489 g/mol. The molecule has 0 amide bonds. The van der Waals surface area contributed by atoms with E-state index in [4.69, 9.17) is 19.4 Å². The molecule has 1 atom stereocenters. The molecular weight excluding hydrogens is 456 g/mol. The van der Waals surface area contributed by atoms with Gasteiger partial charge in [0.2, 0.25) is 5.95 Å². The van der Waals surface area contributed by atoms with Gasteiger partial charge >= 0.3 is 0 Å².